The third kappa shape index (κ3) is 4.56. The maximum atomic E-state index is 11.9. The van der Waals surface area contributed by atoms with E-state index in [2.05, 4.69) is 16.4 Å². The summed E-state index contributed by atoms with van der Waals surface area (Å²) in [6.07, 6.45) is 0.461. The molecule has 2 rings (SSSR count). The van der Waals surface area contributed by atoms with Crippen LogP contribution in [0, 0.1) is 31.1 Å². The first-order valence-corrected chi connectivity index (χ1v) is 7.85. The van der Waals surface area contributed by atoms with Crippen LogP contribution >= 0.6 is 0 Å². The SMILES string of the molecule is Cc1cc(C)c(C#N)c(Oc2cccc(NC(=O)CC(C)C)c2)n1. The van der Waals surface area contributed by atoms with E-state index in [1.165, 1.54) is 0 Å². The second-order valence-corrected chi connectivity index (χ2v) is 6.15. The average Bonchev–Trinajstić information content (AvgIpc) is 2.46. The zero-order chi connectivity index (χ0) is 17.7. The number of hydrogen-bond donors (Lipinski definition) is 1. The fraction of sp³-hybridized carbons (Fsp3) is 0.316. The highest BCUT2D eigenvalue weighted by Crippen LogP contribution is 2.27. The number of nitrogens with one attached hydrogen (secondary N) is 1. The van der Waals surface area contributed by atoms with Crippen molar-refractivity contribution in [3.8, 4) is 17.7 Å². The van der Waals surface area contributed by atoms with Gasteiger partial charge in [-0.05, 0) is 43.5 Å². The van der Waals surface area contributed by atoms with E-state index in [-0.39, 0.29) is 11.8 Å². The van der Waals surface area contributed by atoms with Crippen LogP contribution in [0.5, 0.6) is 11.6 Å². The van der Waals surface area contributed by atoms with E-state index in [0.717, 1.165) is 11.3 Å². The van der Waals surface area contributed by atoms with Crippen molar-refractivity contribution in [2.24, 2.45) is 5.92 Å². The topological polar surface area (TPSA) is 75.0 Å². The van der Waals surface area contributed by atoms with E-state index in [0.29, 0.717) is 29.3 Å². The molecule has 2 aromatic rings. The summed E-state index contributed by atoms with van der Waals surface area (Å²) in [5.74, 6) is 1.05. The molecule has 0 spiro atoms. The van der Waals surface area contributed by atoms with Gasteiger partial charge in [0.25, 0.3) is 0 Å². The number of anilines is 1. The Hall–Kier alpha value is -2.87. The molecule has 0 aliphatic rings. The van der Waals surface area contributed by atoms with Gasteiger partial charge in [0.1, 0.15) is 17.4 Å². The van der Waals surface area contributed by atoms with Gasteiger partial charge in [-0.25, -0.2) is 4.98 Å². The number of pyridine rings is 1. The number of rotatable bonds is 5. The van der Waals surface area contributed by atoms with Gasteiger partial charge >= 0.3 is 0 Å². The molecule has 5 nitrogen and oxygen atoms in total. The van der Waals surface area contributed by atoms with Crippen molar-refractivity contribution in [2.75, 3.05) is 5.32 Å². The van der Waals surface area contributed by atoms with Gasteiger partial charge in [-0.2, -0.15) is 5.26 Å². The summed E-state index contributed by atoms with van der Waals surface area (Å²) >= 11 is 0. The van der Waals surface area contributed by atoms with Crippen molar-refractivity contribution in [2.45, 2.75) is 34.1 Å². The van der Waals surface area contributed by atoms with Crippen LogP contribution in [0.25, 0.3) is 0 Å². The molecular formula is C19H21N3O2. The van der Waals surface area contributed by atoms with Crippen LogP contribution in [0.4, 0.5) is 5.69 Å². The lowest BCUT2D eigenvalue weighted by Crippen LogP contribution is -2.13. The molecule has 0 saturated heterocycles. The Morgan fingerprint density at radius 3 is 2.75 bits per heavy atom. The van der Waals surface area contributed by atoms with Gasteiger partial charge in [-0.15, -0.1) is 0 Å². The number of aromatic nitrogens is 1. The summed E-state index contributed by atoms with van der Waals surface area (Å²) in [4.78, 5) is 16.2. The molecule has 0 radical (unpaired) electrons. The molecule has 0 atom stereocenters. The number of carbonyl (C=O) groups excluding carboxylic acids is 1. The van der Waals surface area contributed by atoms with E-state index < -0.39 is 0 Å². The standard InChI is InChI=1S/C19H21N3O2/c1-12(2)8-18(23)22-15-6-5-7-16(10-15)24-19-17(11-20)13(3)9-14(4)21-19/h5-7,9-10,12H,8H2,1-4H3,(H,22,23). The number of nitrogens with zero attached hydrogens (tertiary/aromatic N) is 2. The monoisotopic (exact) mass is 323 g/mol. The number of aryl methyl sites for hydroxylation is 2. The number of hydrogen-bond acceptors (Lipinski definition) is 4. The van der Waals surface area contributed by atoms with Crippen LogP contribution in [0.3, 0.4) is 0 Å². The van der Waals surface area contributed by atoms with Crippen molar-refractivity contribution in [3.63, 3.8) is 0 Å². The van der Waals surface area contributed by atoms with Crippen molar-refractivity contribution in [1.82, 2.24) is 4.98 Å². The largest absolute Gasteiger partial charge is 0.438 e. The molecule has 5 heteroatoms. The number of ether oxygens (including phenoxy) is 1. The van der Waals surface area contributed by atoms with E-state index in [1.54, 1.807) is 24.3 Å². The van der Waals surface area contributed by atoms with Gasteiger partial charge in [-0.3, -0.25) is 4.79 Å². The van der Waals surface area contributed by atoms with Crippen molar-refractivity contribution in [3.05, 3.63) is 47.2 Å². The van der Waals surface area contributed by atoms with Crippen LogP contribution in [0.15, 0.2) is 30.3 Å². The molecule has 1 amide bonds. The second kappa shape index (κ2) is 7.60. The fourth-order valence-corrected chi connectivity index (χ4v) is 2.34. The number of nitriles is 1. The van der Waals surface area contributed by atoms with Crippen molar-refractivity contribution in [1.29, 1.82) is 5.26 Å². The van der Waals surface area contributed by atoms with E-state index >= 15 is 0 Å². The quantitative estimate of drug-likeness (QED) is 0.887. The van der Waals surface area contributed by atoms with Crippen molar-refractivity contribution >= 4 is 11.6 Å². The molecule has 0 aliphatic carbocycles. The van der Waals surface area contributed by atoms with Gasteiger partial charge in [-0.1, -0.05) is 19.9 Å². The maximum Gasteiger partial charge on any atom is 0.237 e. The van der Waals surface area contributed by atoms with Crippen LogP contribution in [0.2, 0.25) is 0 Å². The number of amides is 1. The molecule has 24 heavy (non-hydrogen) atoms. The Bertz CT molecular complexity index is 792. The zero-order valence-corrected chi connectivity index (χ0v) is 14.4. The third-order valence-electron chi connectivity index (χ3n) is 3.35. The predicted molar refractivity (Wildman–Crippen MR) is 93.0 cm³/mol. The molecule has 1 aromatic heterocycles. The lowest BCUT2D eigenvalue weighted by molar-refractivity contribution is -0.116. The molecule has 0 aliphatic heterocycles. The minimum absolute atomic E-state index is 0.0376. The van der Waals surface area contributed by atoms with E-state index in [9.17, 15) is 10.1 Å². The highest BCUT2D eigenvalue weighted by atomic mass is 16.5. The lowest BCUT2D eigenvalue weighted by Gasteiger charge is -2.11. The highest BCUT2D eigenvalue weighted by molar-refractivity contribution is 5.91. The summed E-state index contributed by atoms with van der Waals surface area (Å²) in [6.45, 7) is 7.69. The molecule has 124 valence electrons. The van der Waals surface area contributed by atoms with Gasteiger partial charge in [0.05, 0.1) is 0 Å². The Balaban J connectivity index is 2.22. The summed E-state index contributed by atoms with van der Waals surface area (Å²) in [6, 6.07) is 11.0. The number of carbonyl (C=O) groups is 1. The third-order valence-corrected chi connectivity index (χ3v) is 3.35. The molecule has 1 heterocycles. The van der Waals surface area contributed by atoms with Gasteiger partial charge in [0.2, 0.25) is 11.8 Å². The first-order valence-electron chi connectivity index (χ1n) is 7.85. The Labute approximate surface area is 142 Å². The molecule has 0 fully saturated rings. The van der Waals surface area contributed by atoms with Gasteiger partial charge in [0, 0.05) is 23.9 Å². The maximum absolute atomic E-state index is 11.9. The van der Waals surface area contributed by atoms with Crippen LogP contribution in [-0.4, -0.2) is 10.9 Å². The molecular weight excluding hydrogens is 302 g/mol. The second-order valence-electron chi connectivity index (χ2n) is 6.15. The normalized spacial score (nSPS) is 10.3. The minimum Gasteiger partial charge on any atom is -0.438 e. The molecule has 0 unspecified atom stereocenters. The molecule has 1 N–H and O–H groups in total. The summed E-state index contributed by atoms with van der Waals surface area (Å²) < 4.78 is 5.78. The summed E-state index contributed by atoms with van der Waals surface area (Å²) in [5, 5.41) is 12.1. The van der Waals surface area contributed by atoms with E-state index in [1.807, 2.05) is 33.8 Å². The number of benzene rings is 1. The lowest BCUT2D eigenvalue weighted by atomic mass is 10.1. The van der Waals surface area contributed by atoms with Crippen LogP contribution in [-0.2, 0) is 4.79 Å². The zero-order valence-electron chi connectivity index (χ0n) is 14.4. The van der Waals surface area contributed by atoms with Crippen LogP contribution < -0.4 is 10.1 Å². The average molecular weight is 323 g/mol. The summed E-state index contributed by atoms with van der Waals surface area (Å²) in [5.41, 5.74) is 2.67. The summed E-state index contributed by atoms with van der Waals surface area (Å²) in [7, 11) is 0. The molecule has 1 aromatic carbocycles. The highest BCUT2D eigenvalue weighted by Gasteiger charge is 2.12. The van der Waals surface area contributed by atoms with Gasteiger partial charge < -0.3 is 10.1 Å². The minimum atomic E-state index is -0.0376. The Morgan fingerprint density at radius 1 is 1.33 bits per heavy atom. The molecule has 0 saturated carbocycles. The van der Waals surface area contributed by atoms with Crippen LogP contribution in [0.1, 0.15) is 37.1 Å². The predicted octanol–water partition coefficient (Wildman–Crippen LogP) is 4.35. The van der Waals surface area contributed by atoms with Gasteiger partial charge in [0.15, 0.2) is 0 Å². The smallest absolute Gasteiger partial charge is 0.237 e. The Morgan fingerprint density at radius 2 is 2.08 bits per heavy atom. The first kappa shape index (κ1) is 17.5. The first-order chi connectivity index (χ1) is 11.4. The Kier molecular flexibility index (Phi) is 5.54. The molecule has 0 bridgehead atoms. The van der Waals surface area contributed by atoms with E-state index in [4.69, 9.17) is 4.74 Å². The van der Waals surface area contributed by atoms with Crippen molar-refractivity contribution < 1.29 is 9.53 Å². The fourth-order valence-electron chi connectivity index (χ4n) is 2.34.